The van der Waals surface area contributed by atoms with Crippen molar-refractivity contribution in [3.05, 3.63) is 27.6 Å². The van der Waals surface area contributed by atoms with Crippen LogP contribution in [0.2, 0.25) is 0 Å². The Labute approximate surface area is 107 Å². The highest BCUT2D eigenvalue weighted by molar-refractivity contribution is 14.1. The lowest BCUT2D eigenvalue weighted by atomic mass is 10.1. The molecule has 1 aromatic rings. The van der Waals surface area contributed by atoms with Crippen molar-refractivity contribution in [2.75, 3.05) is 18.0 Å². The highest BCUT2D eigenvalue weighted by Gasteiger charge is 2.30. The summed E-state index contributed by atoms with van der Waals surface area (Å²) in [4.78, 5) is 13.2. The topological polar surface area (TPSA) is 46.3 Å². The second-order valence-electron chi connectivity index (χ2n) is 3.91. The third-order valence-corrected chi connectivity index (χ3v) is 3.41. The minimum absolute atomic E-state index is 0.0458. The molecule has 1 aliphatic heterocycles. The van der Waals surface area contributed by atoms with Gasteiger partial charge in [-0.15, -0.1) is 0 Å². The Kier molecular flexibility index (Phi) is 3.44. The highest BCUT2D eigenvalue weighted by Crippen LogP contribution is 2.27. The Morgan fingerprint density at radius 2 is 2.31 bits per heavy atom. The van der Waals surface area contributed by atoms with Gasteiger partial charge in [-0.3, -0.25) is 4.79 Å². The van der Waals surface area contributed by atoms with Gasteiger partial charge >= 0.3 is 0 Å². The van der Waals surface area contributed by atoms with Crippen LogP contribution in [0.25, 0.3) is 0 Å². The molecule has 3 nitrogen and oxygen atoms in total. The smallest absolute Gasteiger partial charge is 0.227 e. The van der Waals surface area contributed by atoms with E-state index in [0.717, 1.165) is 3.57 Å². The molecule has 2 rings (SSSR count). The average Bonchev–Trinajstić information content (AvgIpc) is 2.60. The normalized spacial score (nSPS) is 20.6. The number of nitrogens with two attached hydrogens (primary N) is 1. The summed E-state index contributed by atoms with van der Waals surface area (Å²) in [6, 6.07) is 4.87. The molecule has 0 saturated carbocycles. The molecule has 5 heteroatoms. The van der Waals surface area contributed by atoms with E-state index < -0.39 is 0 Å². The van der Waals surface area contributed by atoms with Crippen LogP contribution in [0.1, 0.15) is 6.42 Å². The van der Waals surface area contributed by atoms with E-state index in [1.807, 2.05) is 22.6 Å². The van der Waals surface area contributed by atoms with E-state index in [4.69, 9.17) is 5.73 Å². The Hall–Kier alpha value is -0.690. The Bertz CT molecular complexity index is 424. The molecule has 2 N–H and O–H groups in total. The second kappa shape index (κ2) is 4.67. The second-order valence-corrected chi connectivity index (χ2v) is 5.15. The van der Waals surface area contributed by atoms with Crippen molar-refractivity contribution < 1.29 is 9.18 Å². The number of benzene rings is 1. The SMILES string of the molecule is NCC1CC(=O)N(c2ccc(I)cc2F)C1. The van der Waals surface area contributed by atoms with Crippen molar-refractivity contribution in [3.8, 4) is 0 Å². The van der Waals surface area contributed by atoms with Gasteiger partial charge in [0.25, 0.3) is 0 Å². The predicted molar refractivity (Wildman–Crippen MR) is 68.6 cm³/mol. The third-order valence-electron chi connectivity index (χ3n) is 2.74. The molecule has 1 fully saturated rings. The molecule has 86 valence electrons. The minimum Gasteiger partial charge on any atom is -0.330 e. The van der Waals surface area contributed by atoms with Crippen LogP contribution in [0.15, 0.2) is 18.2 Å². The number of carbonyl (C=O) groups excluding carboxylic acids is 1. The summed E-state index contributed by atoms with van der Waals surface area (Å²) in [6.07, 6.45) is 0.419. The molecule has 0 radical (unpaired) electrons. The Balaban J connectivity index is 2.28. The summed E-state index contributed by atoms with van der Waals surface area (Å²) in [5, 5.41) is 0. The molecule has 1 heterocycles. The molecule has 0 aliphatic carbocycles. The van der Waals surface area contributed by atoms with Crippen molar-refractivity contribution in [1.29, 1.82) is 0 Å². The van der Waals surface area contributed by atoms with Crippen LogP contribution in [0.3, 0.4) is 0 Å². The molecular weight excluding hydrogens is 322 g/mol. The first kappa shape index (κ1) is 11.8. The standard InChI is InChI=1S/C11H12FIN2O/c12-9-4-8(13)1-2-10(9)15-6-7(5-14)3-11(15)16/h1-2,4,7H,3,5-6,14H2. The number of anilines is 1. The fourth-order valence-corrected chi connectivity index (χ4v) is 2.33. The Morgan fingerprint density at radius 3 is 2.88 bits per heavy atom. The van der Waals surface area contributed by atoms with Gasteiger partial charge < -0.3 is 10.6 Å². The van der Waals surface area contributed by atoms with Crippen LogP contribution in [-0.2, 0) is 4.79 Å². The zero-order valence-corrected chi connectivity index (χ0v) is 10.8. The van der Waals surface area contributed by atoms with Gasteiger partial charge in [0, 0.05) is 16.5 Å². The van der Waals surface area contributed by atoms with Crippen LogP contribution in [0, 0.1) is 15.3 Å². The number of rotatable bonds is 2. The van der Waals surface area contributed by atoms with Gasteiger partial charge in [-0.05, 0) is 53.3 Å². The first-order valence-electron chi connectivity index (χ1n) is 5.07. The summed E-state index contributed by atoms with van der Waals surface area (Å²) < 4.78 is 14.5. The van der Waals surface area contributed by atoms with E-state index in [1.54, 1.807) is 12.1 Å². The fourth-order valence-electron chi connectivity index (χ4n) is 1.87. The average molecular weight is 334 g/mol. The lowest BCUT2D eigenvalue weighted by molar-refractivity contribution is -0.117. The molecule has 1 saturated heterocycles. The zero-order chi connectivity index (χ0) is 11.7. The van der Waals surface area contributed by atoms with Gasteiger partial charge in [0.2, 0.25) is 5.91 Å². The van der Waals surface area contributed by atoms with E-state index in [9.17, 15) is 9.18 Å². The summed E-state index contributed by atoms with van der Waals surface area (Å²) in [5.74, 6) is -0.250. The lowest BCUT2D eigenvalue weighted by Gasteiger charge is -2.17. The van der Waals surface area contributed by atoms with Gasteiger partial charge in [-0.1, -0.05) is 0 Å². The molecule has 1 aliphatic rings. The molecule has 1 atom stereocenters. The number of amides is 1. The third kappa shape index (κ3) is 2.20. The zero-order valence-electron chi connectivity index (χ0n) is 8.62. The van der Waals surface area contributed by atoms with Crippen molar-refractivity contribution in [2.24, 2.45) is 11.7 Å². The molecular formula is C11H12FIN2O. The maximum absolute atomic E-state index is 13.7. The van der Waals surface area contributed by atoms with Crippen molar-refractivity contribution in [2.45, 2.75) is 6.42 Å². The summed E-state index contributed by atoms with van der Waals surface area (Å²) in [7, 11) is 0. The van der Waals surface area contributed by atoms with E-state index >= 15 is 0 Å². The highest BCUT2D eigenvalue weighted by atomic mass is 127. The number of nitrogens with zero attached hydrogens (tertiary/aromatic N) is 1. The molecule has 16 heavy (non-hydrogen) atoms. The van der Waals surface area contributed by atoms with Gasteiger partial charge in [0.15, 0.2) is 0 Å². The van der Waals surface area contributed by atoms with Gasteiger partial charge in [-0.25, -0.2) is 4.39 Å². The predicted octanol–water partition coefficient (Wildman–Crippen LogP) is 1.74. The minimum atomic E-state index is -0.349. The fraction of sp³-hybridized carbons (Fsp3) is 0.364. The van der Waals surface area contributed by atoms with Crippen LogP contribution in [0.5, 0.6) is 0 Å². The summed E-state index contributed by atoms with van der Waals surface area (Å²) in [6.45, 7) is 0.987. The maximum atomic E-state index is 13.7. The quantitative estimate of drug-likeness (QED) is 0.838. The van der Waals surface area contributed by atoms with Crippen LogP contribution in [0.4, 0.5) is 10.1 Å². The number of hydrogen-bond donors (Lipinski definition) is 1. The Morgan fingerprint density at radius 1 is 1.56 bits per heavy atom. The molecule has 0 bridgehead atoms. The van der Waals surface area contributed by atoms with Gasteiger partial charge in [-0.2, -0.15) is 0 Å². The molecule has 0 spiro atoms. The molecule has 1 aromatic carbocycles. The number of hydrogen-bond acceptors (Lipinski definition) is 2. The summed E-state index contributed by atoms with van der Waals surface area (Å²) in [5.41, 5.74) is 5.89. The first-order chi connectivity index (χ1) is 7.61. The van der Waals surface area contributed by atoms with Crippen molar-refractivity contribution in [1.82, 2.24) is 0 Å². The van der Waals surface area contributed by atoms with Crippen LogP contribution in [-0.4, -0.2) is 19.0 Å². The first-order valence-corrected chi connectivity index (χ1v) is 6.15. The van der Waals surface area contributed by atoms with Crippen LogP contribution < -0.4 is 10.6 Å². The number of carbonyl (C=O) groups is 1. The van der Waals surface area contributed by atoms with E-state index in [0.29, 0.717) is 25.2 Å². The monoisotopic (exact) mass is 334 g/mol. The molecule has 1 unspecified atom stereocenters. The van der Waals surface area contributed by atoms with Crippen molar-refractivity contribution in [3.63, 3.8) is 0 Å². The summed E-state index contributed by atoms with van der Waals surface area (Å²) >= 11 is 2.04. The van der Waals surface area contributed by atoms with Crippen LogP contribution >= 0.6 is 22.6 Å². The van der Waals surface area contributed by atoms with Gasteiger partial charge in [0.1, 0.15) is 5.82 Å². The van der Waals surface area contributed by atoms with E-state index in [2.05, 4.69) is 0 Å². The number of halogens is 2. The molecule has 1 amide bonds. The van der Waals surface area contributed by atoms with Gasteiger partial charge in [0.05, 0.1) is 5.69 Å². The maximum Gasteiger partial charge on any atom is 0.227 e. The lowest BCUT2D eigenvalue weighted by Crippen LogP contribution is -2.26. The largest absolute Gasteiger partial charge is 0.330 e. The van der Waals surface area contributed by atoms with E-state index in [-0.39, 0.29) is 17.6 Å². The van der Waals surface area contributed by atoms with E-state index in [1.165, 1.54) is 11.0 Å². The van der Waals surface area contributed by atoms with Crippen molar-refractivity contribution >= 4 is 34.2 Å². The molecule has 0 aromatic heterocycles.